The van der Waals surface area contributed by atoms with Gasteiger partial charge in [-0.1, -0.05) is 13.8 Å². The maximum Gasteiger partial charge on any atom is 0.416 e. The molecule has 5 nitrogen and oxygen atoms in total. The largest absolute Gasteiger partial charge is 0.416 e. The first-order valence-electron chi connectivity index (χ1n) is 9.78. The molecule has 0 atom stereocenters. The summed E-state index contributed by atoms with van der Waals surface area (Å²) in [6.45, 7) is 7.46. The Labute approximate surface area is 177 Å². The molecule has 9 heteroatoms. The van der Waals surface area contributed by atoms with Gasteiger partial charge < -0.3 is 9.80 Å². The van der Waals surface area contributed by atoms with Crippen molar-refractivity contribution in [3.05, 3.63) is 51.0 Å². The van der Waals surface area contributed by atoms with Crippen LogP contribution < -0.4 is 0 Å². The summed E-state index contributed by atoms with van der Waals surface area (Å²) in [5.41, 5.74) is 0.148. The van der Waals surface area contributed by atoms with Crippen molar-refractivity contribution in [2.24, 2.45) is 5.92 Å². The van der Waals surface area contributed by atoms with Gasteiger partial charge >= 0.3 is 6.18 Å². The van der Waals surface area contributed by atoms with Crippen LogP contribution in [-0.2, 0) is 12.6 Å². The number of thiazole rings is 1. The molecular weight excluding hydrogens is 415 g/mol. The van der Waals surface area contributed by atoms with Gasteiger partial charge in [0.05, 0.1) is 16.3 Å². The standard InChI is InChI=1S/C21H24F3N3O2S/c1-13(2)12-17-25-14(3)18(30-17)20(29)27-10-8-26(9-11-27)19(28)15-4-6-16(7-5-15)21(22,23)24/h4-7,13H,8-12H2,1-3H3. The Morgan fingerprint density at radius 3 is 2.07 bits per heavy atom. The van der Waals surface area contributed by atoms with Crippen LogP contribution in [0.5, 0.6) is 0 Å². The van der Waals surface area contributed by atoms with Gasteiger partial charge in [0, 0.05) is 38.2 Å². The fraction of sp³-hybridized carbons (Fsp3) is 0.476. The van der Waals surface area contributed by atoms with Gasteiger partial charge in [0.25, 0.3) is 11.8 Å². The minimum Gasteiger partial charge on any atom is -0.335 e. The summed E-state index contributed by atoms with van der Waals surface area (Å²) in [5, 5.41) is 0.946. The SMILES string of the molecule is Cc1nc(CC(C)C)sc1C(=O)N1CCN(C(=O)c2ccc(C(F)(F)F)cc2)CC1. The maximum atomic E-state index is 12.9. The molecule has 1 aliphatic rings. The number of benzene rings is 1. The number of aryl methyl sites for hydroxylation is 1. The van der Waals surface area contributed by atoms with Crippen molar-refractivity contribution < 1.29 is 22.8 Å². The van der Waals surface area contributed by atoms with Crippen molar-refractivity contribution in [3.8, 4) is 0 Å². The Morgan fingerprint density at radius 1 is 1.03 bits per heavy atom. The van der Waals surface area contributed by atoms with Gasteiger partial charge in [0.15, 0.2) is 0 Å². The van der Waals surface area contributed by atoms with Gasteiger partial charge in [-0.2, -0.15) is 13.2 Å². The Balaban J connectivity index is 1.61. The highest BCUT2D eigenvalue weighted by Gasteiger charge is 2.31. The molecule has 162 valence electrons. The molecule has 1 aromatic heterocycles. The first-order valence-corrected chi connectivity index (χ1v) is 10.6. The first-order chi connectivity index (χ1) is 14.1. The van der Waals surface area contributed by atoms with Gasteiger partial charge in [-0.25, -0.2) is 4.98 Å². The average molecular weight is 440 g/mol. The molecule has 3 rings (SSSR count). The number of amides is 2. The minimum atomic E-state index is -4.43. The summed E-state index contributed by atoms with van der Waals surface area (Å²) in [4.78, 5) is 33.9. The number of carbonyl (C=O) groups excluding carboxylic acids is 2. The second-order valence-corrected chi connectivity index (χ2v) is 8.86. The second kappa shape index (κ2) is 8.75. The zero-order valence-electron chi connectivity index (χ0n) is 17.1. The van der Waals surface area contributed by atoms with E-state index in [2.05, 4.69) is 18.8 Å². The molecule has 1 aromatic carbocycles. The van der Waals surface area contributed by atoms with Crippen molar-refractivity contribution in [2.45, 2.75) is 33.4 Å². The molecule has 2 aromatic rings. The van der Waals surface area contributed by atoms with Gasteiger partial charge in [-0.15, -0.1) is 11.3 Å². The summed E-state index contributed by atoms with van der Waals surface area (Å²) in [7, 11) is 0. The van der Waals surface area contributed by atoms with E-state index in [1.54, 1.807) is 9.80 Å². The van der Waals surface area contributed by atoms with E-state index < -0.39 is 11.7 Å². The number of rotatable bonds is 4. The molecule has 0 bridgehead atoms. The highest BCUT2D eigenvalue weighted by Crippen LogP contribution is 2.29. The number of hydrogen-bond acceptors (Lipinski definition) is 4. The van der Waals surface area contributed by atoms with Crippen LogP contribution >= 0.6 is 11.3 Å². The van der Waals surface area contributed by atoms with E-state index in [-0.39, 0.29) is 17.4 Å². The first kappa shape index (κ1) is 22.3. The van der Waals surface area contributed by atoms with Crippen LogP contribution in [0.15, 0.2) is 24.3 Å². The smallest absolute Gasteiger partial charge is 0.335 e. The highest BCUT2D eigenvalue weighted by atomic mass is 32.1. The van der Waals surface area contributed by atoms with Crippen LogP contribution in [0.2, 0.25) is 0 Å². The van der Waals surface area contributed by atoms with Crippen LogP contribution in [0.3, 0.4) is 0 Å². The molecule has 2 amide bonds. The zero-order chi connectivity index (χ0) is 22.1. The van der Waals surface area contributed by atoms with Gasteiger partial charge in [-0.05, 0) is 37.1 Å². The van der Waals surface area contributed by atoms with Gasteiger partial charge in [0.1, 0.15) is 4.88 Å². The van der Waals surface area contributed by atoms with Crippen LogP contribution in [0, 0.1) is 12.8 Å². The Morgan fingerprint density at radius 2 is 1.57 bits per heavy atom. The number of carbonyl (C=O) groups is 2. The summed E-state index contributed by atoms with van der Waals surface area (Å²) >= 11 is 1.42. The predicted octanol–water partition coefficient (Wildman–Crippen LogP) is 4.27. The molecule has 0 spiro atoms. The van der Waals surface area contributed by atoms with Crippen LogP contribution in [0.1, 0.15) is 50.1 Å². The summed E-state index contributed by atoms with van der Waals surface area (Å²) < 4.78 is 38.1. The number of nitrogens with zero attached hydrogens (tertiary/aromatic N) is 3. The molecule has 1 saturated heterocycles. The number of hydrogen-bond donors (Lipinski definition) is 0. The summed E-state index contributed by atoms with van der Waals surface area (Å²) in [6.07, 6.45) is -3.61. The molecule has 0 N–H and O–H groups in total. The van der Waals surface area contributed by atoms with Gasteiger partial charge in [-0.3, -0.25) is 9.59 Å². The number of aromatic nitrogens is 1. The van der Waals surface area contributed by atoms with Crippen LogP contribution in [0.4, 0.5) is 13.2 Å². The quantitative estimate of drug-likeness (QED) is 0.715. The normalized spacial score (nSPS) is 15.0. The third-order valence-electron chi connectivity index (χ3n) is 4.93. The van der Waals surface area contributed by atoms with Crippen molar-refractivity contribution >= 4 is 23.2 Å². The van der Waals surface area contributed by atoms with E-state index in [4.69, 9.17) is 0 Å². The predicted molar refractivity (Wildman–Crippen MR) is 109 cm³/mol. The van der Waals surface area contributed by atoms with E-state index in [0.29, 0.717) is 37.0 Å². The second-order valence-electron chi connectivity index (χ2n) is 7.78. The third kappa shape index (κ3) is 5.00. The van der Waals surface area contributed by atoms with E-state index in [1.807, 2.05) is 6.92 Å². The molecule has 1 aliphatic heterocycles. The highest BCUT2D eigenvalue weighted by molar-refractivity contribution is 7.13. The lowest BCUT2D eigenvalue weighted by molar-refractivity contribution is -0.137. The third-order valence-corrected chi connectivity index (χ3v) is 6.10. The zero-order valence-corrected chi connectivity index (χ0v) is 17.9. The van der Waals surface area contributed by atoms with E-state index in [0.717, 1.165) is 29.3 Å². The van der Waals surface area contributed by atoms with E-state index in [1.165, 1.54) is 23.5 Å². The van der Waals surface area contributed by atoms with Crippen molar-refractivity contribution in [2.75, 3.05) is 26.2 Å². The molecular formula is C21H24F3N3O2S. The van der Waals surface area contributed by atoms with E-state index in [9.17, 15) is 22.8 Å². The molecule has 2 heterocycles. The minimum absolute atomic E-state index is 0.0818. The lowest BCUT2D eigenvalue weighted by atomic mass is 10.1. The average Bonchev–Trinajstić information content (AvgIpc) is 3.05. The topological polar surface area (TPSA) is 53.5 Å². The molecule has 0 unspecified atom stereocenters. The molecule has 0 saturated carbocycles. The van der Waals surface area contributed by atoms with Crippen LogP contribution in [-0.4, -0.2) is 52.8 Å². The Bertz CT molecular complexity index is 915. The lowest BCUT2D eigenvalue weighted by Crippen LogP contribution is -2.50. The number of halogens is 3. The number of alkyl halides is 3. The van der Waals surface area contributed by atoms with Crippen LogP contribution in [0.25, 0.3) is 0 Å². The Kier molecular flexibility index (Phi) is 6.50. The fourth-order valence-electron chi connectivity index (χ4n) is 3.33. The Hall–Kier alpha value is -2.42. The fourth-order valence-corrected chi connectivity index (χ4v) is 4.57. The monoisotopic (exact) mass is 439 g/mol. The van der Waals surface area contributed by atoms with E-state index >= 15 is 0 Å². The van der Waals surface area contributed by atoms with Crippen molar-refractivity contribution in [1.29, 1.82) is 0 Å². The molecule has 0 aliphatic carbocycles. The van der Waals surface area contributed by atoms with Crippen molar-refractivity contribution in [3.63, 3.8) is 0 Å². The summed E-state index contributed by atoms with van der Waals surface area (Å²) in [6, 6.07) is 4.21. The van der Waals surface area contributed by atoms with Crippen molar-refractivity contribution in [1.82, 2.24) is 14.8 Å². The summed E-state index contributed by atoms with van der Waals surface area (Å²) in [5.74, 6) is 0.0453. The maximum absolute atomic E-state index is 12.9. The molecule has 1 fully saturated rings. The van der Waals surface area contributed by atoms with Gasteiger partial charge in [0.2, 0.25) is 0 Å². The molecule has 30 heavy (non-hydrogen) atoms. The lowest BCUT2D eigenvalue weighted by Gasteiger charge is -2.34. The molecule has 0 radical (unpaired) electrons. The number of piperazine rings is 1.